The first kappa shape index (κ1) is 22.9. The number of phenols is 1. The third kappa shape index (κ3) is 4.68. The Hall–Kier alpha value is -2.88. The number of aromatic hydroxyl groups is 1. The highest BCUT2D eigenvalue weighted by Crippen LogP contribution is 2.38. The number of phenolic OH excluding ortho intramolecular Hbond substituents is 1. The summed E-state index contributed by atoms with van der Waals surface area (Å²) in [4.78, 5) is 27.4. The molecular weight excluding hydrogens is 476 g/mol. The maximum Gasteiger partial charge on any atom is 0.274 e. The number of H-pyrrole nitrogens is 1. The number of amides is 2. The zero-order valence-electron chi connectivity index (χ0n) is 18.4. The van der Waals surface area contributed by atoms with E-state index in [1.54, 1.807) is 18.2 Å². The first-order valence-corrected chi connectivity index (χ1v) is 12.6. The minimum Gasteiger partial charge on any atom is -0.507 e. The van der Waals surface area contributed by atoms with E-state index in [4.69, 9.17) is 16.3 Å². The summed E-state index contributed by atoms with van der Waals surface area (Å²) in [6.07, 6.45) is 5.82. The lowest BCUT2D eigenvalue weighted by Gasteiger charge is -2.15. The van der Waals surface area contributed by atoms with Crippen LogP contribution in [0.1, 0.15) is 57.0 Å². The molecule has 0 saturated carbocycles. The molecule has 2 aliphatic rings. The Balaban J connectivity index is 1.37. The molecule has 178 valence electrons. The summed E-state index contributed by atoms with van der Waals surface area (Å²) < 4.78 is 5.62. The third-order valence-corrected chi connectivity index (χ3v) is 7.64. The molecule has 1 atom stereocenters. The summed E-state index contributed by atoms with van der Waals surface area (Å²) in [5.41, 5.74) is 2.61. The number of carbonyl (C=O) groups is 2. The first-order valence-electron chi connectivity index (χ1n) is 11.4. The summed E-state index contributed by atoms with van der Waals surface area (Å²) in [5.74, 6) is -0.578. The van der Waals surface area contributed by atoms with Crippen LogP contribution in [0.2, 0.25) is 5.02 Å². The Labute approximate surface area is 205 Å². The lowest BCUT2D eigenvalue weighted by molar-refractivity contribution is 0.0858. The summed E-state index contributed by atoms with van der Waals surface area (Å²) in [7, 11) is 0. The Morgan fingerprint density at radius 2 is 2.06 bits per heavy atom. The van der Waals surface area contributed by atoms with Crippen LogP contribution >= 0.6 is 22.9 Å². The molecule has 10 heteroatoms. The van der Waals surface area contributed by atoms with Crippen LogP contribution in [0.4, 0.5) is 5.00 Å². The van der Waals surface area contributed by atoms with E-state index >= 15 is 0 Å². The average molecular weight is 501 g/mol. The molecule has 3 heterocycles. The van der Waals surface area contributed by atoms with Gasteiger partial charge in [-0.2, -0.15) is 5.10 Å². The maximum atomic E-state index is 13.2. The van der Waals surface area contributed by atoms with Crippen molar-refractivity contribution in [1.29, 1.82) is 0 Å². The Bertz CT molecular complexity index is 1230. The summed E-state index contributed by atoms with van der Waals surface area (Å²) in [5, 5.41) is 23.9. The van der Waals surface area contributed by atoms with Crippen LogP contribution in [0.15, 0.2) is 24.3 Å². The van der Waals surface area contributed by atoms with Gasteiger partial charge in [0.25, 0.3) is 11.8 Å². The first-order chi connectivity index (χ1) is 16.5. The van der Waals surface area contributed by atoms with E-state index in [1.165, 1.54) is 17.4 Å². The largest absolute Gasteiger partial charge is 0.507 e. The third-order valence-electron chi connectivity index (χ3n) is 6.20. The highest BCUT2D eigenvalue weighted by Gasteiger charge is 2.28. The zero-order chi connectivity index (χ0) is 23.7. The molecule has 4 N–H and O–H groups in total. The molecular formula is C24H25ClN4O4S. The minimum atomic E-state index is -0.410. The number of aromatic nitrogens is 2. The smallest absolute Gasteiger partial charge is 0.274 e. The van der Waals surface area contributed by atoms with E-state index in [0.29, 0.717) is 33.4 Å². The van der Waals surface area contributed by atoms with Crippen molar-refractivity contribution in [2.45, 2.75) is 44.6 Å². The number of ether oxygens (including phenoxy) is 1. The highest BCUT2D eigenvalue weighted by molar-refractivity contribution is 7.17. The van der Waals surface area contributed by atoms with E-state index in [2.05, 4.69) is 20.8 Å². The van der Waals surface area contributed by atoms with Gasteiger partial charge in [0.1, 0.15) is 16.4 Å². The van der Waals surface area contributed by atoms with E-state index in [1.807, 2.05) is 0 Å². The van der Waals surface area contributed by atoms with Crippen molar-refractivity contribution in [1.82, 2.24) is 15.5 Å². The molecule has 1 aliphatic carbocycles. The van der Waals surface area contributed by atoms with Crippen LogP contribution in [0.5, 0.6) is 5.75 Å². The van der Waals surface area contributed by atoms with Crippen molar-refractivity contribution in [3.63, 3.8) is 0 Å². The van der Waals surface area contributed by atoms with E-state index in [9.17, 15) is 14.7 Å². The SMILES string of the molecule is O=C(Nc1sc2c(c1C(=O)NCC1CCCO1)CCCC2)c1cc(-c2cc(Cl)ccc2O)n[nH]1. The average Bonchev–Trinajstić information content (AvgIpc) is 3.58. The second kappa shape index (κ2) is 9.77. The van der Waals surface area contributed by atoms with Gasteiger partial charge in [-0.05, 0) is 68.4 Å². The molecule has 0 spiro atoms. The molecule has 1 saturated heterocycles. The fourth-order valence-electron chi connectivity index (χ4n) is 4.45. The van der Waals surface area contributed by atoms with Crippen LogP contribution in [0.25, 0.3) is 11.3 Å². The predicted molar refractivity (Wildman–Crippen MR) is 131 cm³/mol. The monoisotopic (exact) mass is 500 g/mol. The zero-order valence-corrected chi connectivity index (χ0v) is 20.0. The fourth-order valence-corrected chi connectivity index (χ4v) is 5.91. The maximum absolute atomic E-state index is 13.2. The molecule has 0 bridgehead atoms. The number of fused-ring (bicyclic) bond motifs is 1. The molecule has 1 unspecified atom stereocenters. The van der Waals surface area contributed by atoms with Crippen LogP contribution in [0, 0.1) is 0 Å². The topological polar surface area (TPSA) is 116 Å². The molecule has 0 radical (unpaired) electrons. The summed E-state index contributed by atoms with van der Waals surface area (Å²) >= 11 is 7.50. The van der Waals surface area contributed by atoms with E-state index in [0.717, 1.165) is 55.6 Å². The van der Waals surface area contributed by atoms with Gasteiger partial charge in [0, 0.05) is 28.6 Å². The number of aryl methyl sites for hydroxylation is 1. The predicted octanol–water partition coefficient (Wildman–Crippen LogP) is 4.54. The number of carbonyl (C=O) groups excluding carboxylic acids is 2. The molecule has 2 aromatic heterocycles. The lowest BCUT2D eigenvalue weighted by Crippen LogP contribution is -2.32. The molecule has 34 heavy (non-hydrogen) atoms. The standard InChI is InChI=1S/C24H25ClN4O4S/c25-13-7-8-19(30)16(10-13)17-11-18(29-28-17)22(31)27-24-21(15-5-1-2-6-20(15)34-24)23(32)26-12-14-4-3-9-33-14/h7-8,10-11,14,30H,1-6,9,12H2,(H,26,32)(H,27,31)(H,28,29). The molecule has 1 aliphatic heterocycles. The summed E-state index contributed by atoms with van der Waals surface area (Å²) in [6, 6.07) is 6.18. The number of hydrogen-bond acceptors (Lipinski definition) is 6. The minimum absolute atomic E-state index is 0.0130. The van der Waals surface area contributed by atoms with Crippen molar-refractivity contribution in [2.24, 2.45) is 0 Å². The number of hydrogen-bond donors (Lipinski definition) is 4. The van der Waals surface area contributed by atoms with Gasteiger partial charge in [-0.3, -0.25) is 14.7 Å². The van der Waals surface area contributed by atoms with Gasteiger partial charge in [-0.1, -0.05) is 11.6 Å². The highest BCUT2D eigenvalue weighted by atomic mass is 35.5. The second-order valence-electron chi connectivity index (χ2n) is 8.54. The van der Waals surface area contributed by atoms with Crippen LogP contribution in [-0.2, 0) is 17.6 Å². The van der Waals surface area contributed by atoms with E-state index in [-0.39, 0.29) is 23.5 Å². The summed E-state index contributed by atoms with van der Waals surface area (Å²) in [6.45, 7) is 1.19. The molecule has 2 amide bonds. The van der Waals surface area contributed by atoms with Crippen molar-refractivity contribution in [2.75, 3.05) is 18.5 Å². The van der Waals surface area contributed by atoms with Crippen LogP contribution < -0.4 is 10.6 Å². The molecule has 1 aromatic carbocycles. The number of nitrogens with one attached hydrogen (secondary N) is 3. The van der Waals surface area contributed by atoms with Crippen LogP contribution in [0.3, 0.4) is 0 Å². The molecule has 8 nitrogen and oxygen atoms in total. The van der Waals surface area contributed by atoms with Crippen molar-refractivity contribution >= 4 is 39.8 Å². The van der Waals surface area contributed by atoms with E-state index < -0.39 is 5.91 Å². The number of thiophene rings is 1. The van der Waals surface area contributed by atoms with Gasteiger partial charge in [-0.15, -0.1) is 11.3 Å². The Morgan fingerprint density at radius 3 is 2.88 bits per heavy atom. The van der Waals surface area contributed by atoms with Gasteiger partial charge in [0.15, 0.2) is 0 Å². The number of benzene rings is 1. The van der Waals surface area contributed by atoms with Gasteiger partial charge < -0.3 is 20.5 Å². The number of nitrogens with zero attached hydrogens (tertiary/aromatic N) is 1. The fraction of sp³-hybridized carbons (Fsp3) is 0.375. The van der Waals surface area contributed by atoms with Crippen molar-refractivity contribution in [3.05, 3.63) is 51.0 Å². The van der Waals surface area contributed by atoms with Crippen molar-refractivity contribution in [3.8, 4) is 17.0 Å². The molecule has 1 fully saturated rings. The lowest BCUT2D eigenvalue weighted by atomic mass is 9.95. The molecule has 5 rings (SSSR count). The van der Waals surface area contributed by atoms with Gasteiger partial charge >= 0.3 is 0 Å². The number of rotatable bonds is 6. The second-order valence-corrected chi connectivity index (χ2v) is 10.1. The van der Waals surface area contributed by atoms with Gasteiger partial charge in [0.05, 0.1) is 17.4 Å². The van der Waals surface area contributed by atoms with Gasteiger partial charge in [0.2, 0.25) is 0 Å². The Kier molecular flexibility index (Phi) is 6.58. The van der Waals surface area contributed by atoms with Crippen molar-refractivity contribution < 1.29 is 19.4 Å². The quantitative estimate of drug-likeness (QED) is 0.396. The number of anilines is 1. The van der Waals surface area contributed by atoms with Gasteiger partial charge in [-0.25, -0.2) is 0 Å². The Morgan fingerprint density at radius 1 is 1.21 bits per heavy atom. The molecule has 3 aromatic rings. The normalized spacial score (nSPS) is 17.4. The van der Waals surface area contributed by atoms with Crippen LogP contribution in [-0.4, -0.2) is 46.4 Å². The number of aromatic amines is 1. The number of halogens is 1.